The summed E-state index contributed by atoms with van der Waals surface area (Å²) in [5, 5.41) is 8.60. The molecular weight excluding hydrogens is 370 g/mol. The van der Waals surface area contributed by atoms with Crippen molar-refractivity contribution in [3.8, 4) is 0 Å². The summed E-state index contributed by atoms with van der Waals surface area (Å²) in [4.78, 5) is 14.2. The Morgan fingerprint density at radius 3 is 2.78 bits per heavy atom. The van der Waals surface area contributed by atoms with Gasteiger partial charge in [-0.2, -0.15) is 4.31 Å². The topological polar surface area (TPSA) is 97.6 Å². The fourth-order valence-corrected chi connectivity index (χ4v) is 5.39. The van der Waals surface area contributed by atoms with Gasteiger partial charge in [-0.15, -0.1) is 10.2 Å². The van der Waals surface area contributed by atoms with Gasteiger partial charge in [-0.25, -0.2) is 8.42 Å². The predicted octanol–water partition coefficient (Wildman–Crippen LogP) is 0.924. The highest BCUT2D eigenvalue weighted by molar-refractivity contribution is 7.89. The number of amides is 1. The van der Waals surface area contributed by atoms with Crippen molar-refractivity contribution >= 4 is 15.9 Å². The maximum atomic E-state index is 12.5. The van der Waals surface area contributed by atoms with Gasteiger partial charge in [0.15, 0.2) is 5.82 Å². The zero-order valence-electron chi connectivity index (χ0n) is 16.1. The Labute approximate surface area is 160 Å². The average molecular weight is 400 g/mol. The van der Waals surface area contributed by atoms with Crippen molar-refractivity contribution in [2.24, 2.45) is 0 Å². The fourth-order valence-electron chi connectivity index (χ4n) is 3.80. The number of sulfonamides is 1. The monoisotopic (exact) mass is 399 g/mol. The number of carbonyl (C=O) groups is 1. The Balaban J connectivity index is 1.78. The van der Waals surface area contributed by atoms with Gasteiger partial charge in [0.1, 0.15) is 12.4 Å². The number of aromatic nitrogens is 3. The standard InChI is InChI=1S/C17H29N5O4S/c1-3-4-11-27(24,25)20-9-10-22-15(12-20)18-19-17(22)14-7-5-6-8-21(14)16(23)13-26-2/h14H,3-13H2,1-2H3. The van der Waals surface area contributed by atoms with Crippen molar-refractivity contribution in [1.29, 1.82) is 0 Å². The van der Waals surface area contributed by atoms with Crippen molar-refractivity contribution in [2.75, 3.05) is 32.6 Å². The number of rotatable bonds is 7. The summed E-state index contributed by atoms with van der Waals surface area (Å²) in [6, 6.07) is -0.120. The summed E-state index contributed by atoms with van der Waals surface area (Å²) in [5.41, 5.74) is 0. The summed E-state index contributed by atoms with van der Waals surface area (Å²) < 4.78 is 33.5. The van der Waals surface area contributed by atoms with E-state index in [1.807, 2.05) is 16.4 Å². The summed E-state index contributed by atoms with van der Waals surface area (Å²) in [6.07, 6.45) is 4.35. The third-order valence-electron chi connectivity index (χ3n) is 5.29. The SMILES string of the molecule is CCCCS(=O)(=O)N1CCn2c(nnc2C2CCCCN2C(=O)COC)C1. The van der Waals surface area contributed by atoms with Crippen molar-refractivity contribution in [3.63, 3.8) is 0 Å². The van der Waals surface area contributed by atoms with E-state index in [1.165, 1.54) is 11.4 Å². The molecule has 2 aliphatic rings. The molecule has 3 heterocycles. The smallest absolute Gasteiger partial charge is 0.249 e. The molecule has 3 rings (SSSR count). The van der Waals surface area contributed by atoms with Crippen LogP contribution < -0.4 is 0 Å². The van der Waals surface area contributed by atoms with E-state index in [4.69, 9.17) is 4.74 Å². The molecule has 27 heavy (non-hydrogen) atoms. The van der Waals surface area contributed by atoms with Crippen LogP contribution in [0.25, 0.3) is 0 Å². The van der Waals surface area contributed by atoms with Crippen LogP contribution in [0.4, 0.5) is 0 Å². The van der Waals surface area contributed by atoms with Gasteiger partial charge in [-0.3, -0.25) is 4.79 Å². The molecule has 1 aromatic rings. The molecule has 1 fully saturated rings. The van der Waals surface area contributed by atoms with Crippen molar-refractivity contribution in [1.82, 2.24) is 24.0 Å². The highest BCUT2D eigenvalue weighted by atomic mass is 32.2. The Kier molecular flexibility index (Phi) is 6.48. The first-order valence-electron chi connectivity index (χ1n) is 9.66. The minimum Gasteiger partial charge on any atom is -0.375 e. The third-order valence-corrected chi connectivity index (χ3v) is 7.19. The van der Waals surface area contributed by atoms with Crippen LogP contribution in [0.5, 0.6) is 0 Å². The largest absolute Gasteiger partial charge is 0.375 e. The molecule has 1 aromatic heterocycles. The molecule has 9 nitrogen and oxygen atoms in total. The molecule has 152 valence electrons. The summed E-state index contributed by atoms with van der Waals surface area (Å²) in [6.45, 7) is 3.91. The molecule has 0 spiro atoms. The van der Waals surface area contributed by atoms with Crippen LogP contribution in [-0.4, -0.2) is 70.9 Å². The van der Waals surface area contributed by atoms with Gasteiger partial charge in [0.05, 0.1) is 18.3 Å². The first-order chi connectivity index (χ1) is 13.0. The zero-order valence-corrected chi connectivity index (χ0v) is 16.9. The number of hydrogen-bond acceptors (Lipinski definition) is 6. The zero-order chi connectivity index (χ0) is 19.4. The van der Waals surface area contributed by atoms with Gasteiger partial charge in [-0.1, -0.05) is 13.3 Å². The molecule has 0 radical (unpaired) electrons. The molecule has 2 aliphatic heterocycles. The summed E-state index contributed by atoms with van der Waals surface area (Å²) in [7, 11) is -1.75. The number of piperidine rings is 1. The number of likely N-dealkylation sites (tertiary alicyclic amines) is 1. The van der Waals surface area contributed by atoms with E-state index in [1.54, 1.807) is 0 Å². The molecule has 1 atom stereocenters. The van der Waals surface area contributed by atoms with E-state index in [0.29, 0.717) is 31.9 Å². The number of methoxy groups -OCH3 is 1. The predicted molar refractivity (Wildman–Crippen MR) is 99.3 cm³/mol. The lowest BCUT2D eigenvalue weighted by atomic mass is 10.0. The van der Waals surface area contributed by atoms with E-state index < -0.39 is 10.0 Å². The lowest BCUT2D eigenvalue weighted by Crippen LogP contribution is -2.43. The van der Waals surface area contributed by atoms with Crippen molar-refractivity contribution in [3.05, 3.63) is 11.6 Å². The Hall–Kier alpha value is -1.52. The van der Waals surface area contributed by atoms with Gasteiger partial charge in [-0.05, 0) is 25.7 Å². The van der Waals surface area contributed by atoms with Crippen molar-refractivity contribution < 1.29 is 17.9 Å². The first-order valence-corrected chi connectivity index (χ1v) is 11.3. The Morgan fingerprint density at radius 1 is 1.22 bits per heavy atom. The van der Waals surface area contributed by atoms with Crippen molar-refractivity contribution in [2.45, 2.75) is 58.2 Å². The van der Waals surface area contributed by atoms with Crippen LogP contribution in [-0.2, 0) is 32.6 Å². The van der Waals surface area contributed by atoms with E-state index >= 15 is 0 Å². The van der Waals surface area contributed by atoms with Gasteiger partial charge < -0.3 is 14.2 Å². The maximum Gasteiger partial charge on any atom is 0.249 e. The van der Waals surface area contributed by atoms with E-state index in [-0.39, 0.29) is 30.9 Å². The maximum absolute atomic E-state index is 12.5. The number of ether oxygens (including phenoxy) is 1. The second-order valence-electron chi connectivity index (χ2n) is 7.16. The van der Waals surface area contributed by atoms with Gasteiger partial charge in [0, 0.05) is 26.7 Å². The molecule has 0 N–H and O–H groups in total. The number of unbranched alkanes of at least 4 members (excludes halogenated alkanes) is 1. The first kappa shape index (κ1) is 20.2. The van der Waals surface area contributed by atoms with Gasteiger partial charge >= 0.3 is 0 Å². The Bertz CT molecular complexity index is 763. The van der Waals surface area contributed by atoms with Crippen LogP contribution in [0.1, 0.15) is 56.7 Å². The molecule has 0 aliphatic carbocycles. The average Bonchev–Trinajstić information content (AvgIpc) is 3.09. The van der Waals surface area contributed by atoms with E-state index in [9.17, 15) is 13.2 Å². The van der Waals surface area contributed by atoms with Crippen LogP contribution in [0.2, 0.25) is 0 Å². The third kappa shape index (κ3) is 4.33. The lowest BCUT2D eigenvalue weighted by Gasteiger charge is -2.36. The normalized spacial score (nSPS) is 21.3. The molecule has 1 amide bonds. The fraction of sp³-hybridized carbons (Fsp3) is 0.824. The summed E-state index contributed by atoms with van der Waals surface area (Å²) >= 11 is 0. The Morgan fingerprint density at radius 2 is 2.04 bits per heavy atom. The number of carbonyl (C=O) groups excluding carboxylic acids is 1. The molecule has 10 heteroatoms. The molecule has 1 unspecified atom stereocenters. The second kappa shape index (κ2) is 8.66. The second-order valence-corrected chi connectivity index (χ2v) is 9.25. The minimum atomic E-state index is -3.26. The molecular formula is C17H29N5O4S. The lowest BCUT2D eigenvalue weighted by molar-refractivity contribution is -0.139. The van der Waals surface area contributed by atoms with Crippen LogP contribution in [0.3, 0.4) is 0 Å². The number of fused-ring (bicyclic) bond motifs is 1. The van der Waals surface area contributed by atoms with Crippen LogP contribution in [0.15, 0.2) is 0 Å². The number of hydrogen-bond donors (Lipinski definition) is 0. The minimum absolute atomic E-state index is 0.0425. The van der Waals surface area contributed by atoms with E-state index in [0.717, 1.165) is 31.5 Å². The molecule has 1 saturated heterocycles. The van der Waals surface area contributed by atoms with Crippen LogP contribution >= 0.6 is 0 Å². The molecule has 0 saturated carbocycles. The highest BCUT2D eigenvalue weighted by Crippen LogP contribution is 2.31. The highest BCUT2D eigenvalue weighted by Gasteiger charge is 2.35. The molecule has 0 bridgehead atoms. The molecule has 0 aromatic carbocycles. The summed E-state index contributed by atoms with van der Waals surface area (Å²) in [5.74, 6) is 1.55. The number of nitrogens with zero attached hydrogens (tertiary/aromatic N) is 5. The van der Waals surface area contributed by atoms with E-state index in [2.05, 4.69) is 10.2 Å². The van der Waals surface area contributed by atoms with Gasteiger partial charge in [0.25, 0.3) is 0 Å². The van der Waals surface area contributed by atoms with Crippen LogP contribution in [0, 0.1) is 0 Å². The van der Waals surface area contributed by atoms with Gasteiger partial charge in [0.2, 0.25) is 15.9 Å². The quantitative estimate of drug-likeness (QED) is 0.676.